The van der Waals surface area contributed by atoms with E-state index in [4.69, 9.17) is 11.6 Å². The Hall–Kier alpha value is -1.29. The third-order valence-electron chi connectivity index (χ3n) is 2.14. The summed E-state index contributed by atoms with van der Waals surface area (Å²) in [6, 6.07) is 2.00. The maximum Gasteiger partial charge on any atom is 0.160 e. The van der Waals surface area contributed by atoms with Crippen molar-refractivity contribution in [2.75, 3.05) is 0 Å². The molecule has 0 aliphatic rings. The van der Waals surface area contributed by atoms with Crippen LogP contribution in [-0.2, 0) is 12.9 Å². The minimum absolute atomic E-state index is 0.429. The smallest absolute Gasteiger partial charge is 0.160 e. The number of hydrogen-bond donors (Lipinski definition) is 0. The first-order chi connectivity index (χ1) is 6.70. The Morgan fingerprint density at radius 1 is 1.50 bits per heavy atom. The highest BCUT2D eigenvalue weighted by atomic mass is 35.5. The largest absolute Gasteiger partial charge is 0.289 e. The normalized spacial score (nSPS) is 10.8. The van der Waals surface area contributed by atoms with Gasteiger partial charge in [-0.1, -0.05) is 0 Å². The van der Waals surface area contributed by atoms with Crippen molar-refractivity contribution < 1.29 is 0 Å². The predicted octanol–water partition coefficient (Wildman–Crippen LogP) is 1.65. The summed E-state index contributed by atoms with van der Waals surface area (Å²) in [5.74, 6) is 1.30. The first kappa shape index (κ1) is 9.27. The second-order valence-corrected chi connectivity index (χ2v) is 3.44. The fraction of sp³-hybridized carbons (Fsp3) is 0.333. The summed E-state index contributed by atoms with van der Waals surface area (Å²) in [7, 11) is 1.91. The molecule has 0 saturated carbocycles. The van der Waals surface area contributed by atoms with Crippen molar-refractivity contribution in [1.82, 2.24) is 19.3 Å². The number of aryl methyl sites for hydroxylation is 2. The lowest BCUT2D eigenvalue weighted by Gasteiger charge is -1.93. The SMILES string of the molecule is Cc1cc(-n2cnc(CCl)c2)nn1C. The summed E-state index contributed by atoms with van der Waals surface area (Å²) in [5, 5.41) is 4.32. The average molecular weight is 211 g/mol. The van der Waals surface area contributed by atoms with Crippen molar-refractivity contribution in [1.29, 1.82) is 0 Å². The average Bonchev–Trinajstić information content (AvgIpc) is 2.74. The summed E-state index contributed by atoms with van der Waals surface area (Å²) in [6.07, 6.45) is 3.61. The van der Waals surface area contributed by atoms with E-state index in [1.54, 1.807) is 6.33 Å². The Kier molecular flexibility index (Phi) is 2.29. The number of aromatic nitrogens is 4. The van der Waals surface area contributed by atoms with Crippen LogP contribution in [0.5, 0.6) is 0 Å². The highest BCUT2D eigenvalue weighted by Gasteiger charge is 2.04. The molecule has 0 unspecified atom stereocenters. The van der Waals surface area contributed by atoms with Crippen molar-refractivity contribution >= 4 is 11.6 Å². The molecule has 0 aliphatic heterocycles. The van der Waals surface area contributed by atoms with E-state index in [9.17, 15) is 0 Å². The van der Waals surface area contributed by atoms with Gasteiger partial charge in [0.05, 0.1) is 11.6 Å². The van der Waals surface area contributed by atoms with Crippen LogP contribution in [0.4, 0.5) is 0 Å². The van der Waals surface area contributed by atoms with Gasteiger partial charge in [0, 0.05) is 25.0 Å². The highest BCUT2D eigenvalue weighted by Crippen LogP contribution is 2.09. The Bertz CT molecular complexity index is 424. The molecule has 0 radical (unpaired) electrons. The van der Waals surface area contributed by atoms with Crippen LogP contribution in [0.15, 0.2) is 18.6 Å². The molecule has 2 rings (SSSR count). The van der Waals surface area contributed by atoms with E-state index >= 15 is 0 Å². The number of nitrogens with zero attached hydrogens (tertiary/aromatic N) is 4. The van der Waals surface area contributed by atoms with E-state index in [1.165, 1.54) is 0 Å². The Balaban J connectivity index is 2.39. The van der Waals surface area contributed by atoms with Gasteiger partial charge in [-0.3, -0.25) is 9.25 Å². The van der Waals surface area contributed by atoms with Crippen molar-refractivity contribution in [2.24, 2.45) is 7.05 Å². The molecule has 2 heterocycles. The number of halogens is 1. The molecular weight excluding hydrogens is 200 g/mol. The molecule has 2 aromatic heterocycles. The van der Waals surface area contributed by atoms with Gasteiger partial charge in [-0.25, -0.2) is 4.98 Å². The third-order valence-corrected chi connectivity index (χ3v) is 2.41. The lowest BCUT2D eigenvalue weighted by atomic mass is 10.4. The van der Waals surface area contributed by atoms with Crippen LogP contribution in [0.3, 0.4) is 0 Å². The maximum absolute atomic E-state index is 5.66. The maximum atomic E-state index is 5.66. The topological polar surface area (TPSA) is 35.6 Å². The van der Waals surface area contributed by atoms with Crippen molar-refractivity contribution in [3.63, 3.8) is 0 Å². The van der Waals surface area contributed by atoms with Gasteiger partial charge < -0.3 is 0 Å². The van der Waals surface area contributed by atoms with E-state index < -0.39 is 0 Å². The first-order valence-electron chi connectivity index (χ1n) is 4.30. The quantitative estimate of drug-likeness (QED) is 0.707. The monoisotopic (exact) mass is 210 g/mol. The van der Waals surface area contributed by atoms with Crippen molar-refractivity contribution in [3.05, 3.63) is 30.0 Å². The summed E-state index contributed by atoms with van der Waals surface area (Å²) in [4.78, 5) is 4.13. The van der Waals surface area contributed by atoms with Crippen LogP contribution in [0, 0.1) is 6.92 Å². The molecule has 5 heteroatoms. The second-order valence-electron chi connectivity index (χ2n) is 3.17. The van der Waals surface area contributed by atoms with Crippen LogP contribution in [0.25, 0.3) is 5.82 Å². The minimum Gasteiger partial charge on any atom is -0.289 e. The van der Waals surface area contributed by atoms with E-state index in [-0.39, 0.29) is 0 Å². The van der Waals surface area contributed by atoms with Gasteiger partial charge in [0.1, 0.15) is 6.33 Å². The Morgan fingerprint density at radius 2 is 2.29 bits per heavy atom. The standard InChI is InChI=1S/C9H11ClN4/c1-7-3-9(12-13(7)2)14-5-8(4-10)11-6-14/h3,5-6H,4H2,1-2H3. The van der Waals surface area contributed by atoms with Crippen LogP contribution < -0.4 is 0 Å². The lowest BCUT2D eigenvalue weighted by Crippen LogP contribution is -1.95. The Morgan fingerprint density at radius 3 is 2.79 bits per heavy atom. The fourth-order valence-electron chi connectivity index (χ4n) is 1.23. The molecule has 0 amide bonds. The van der Waals surface area contributed by atoms with Crippen LogP contribution in [-0.4, -0.2) is 19.3 Å². The summed E-state index contributed by atoms with van der Waals surface area (Å²) in [5.41, 5.74) is 1.97. The van der Waals surface area contributed by atoms with Crippen LogP contribution in [0.1, 0.15) is 11.4 Å². The molecule has 0 atom stereocenters. The van der Waals surface area contributed by atoms with Gasteiger partial charge in [0.2, 0.25) is 0 Å². The fourth-order valence-corrected chi connectivity index (χ4v) is 1.36. The summed E-state index contributed by atoms with van der Waals surface area (Å²) in [6.45, 7) is 2.01. The number of alkyl halides is 1. The second kappa shape index (κ2) is 3.46. The van der Waals surface area contributed by atoms with E-state index in [0.717, 1.165) is 17.2 Å². The van der Waals surface area contributed by atoms with Crippen LogP contribution >= 0.6 is 11.6 Å². The molecule has 2 aromatic rings. The summed E-state index contributed by atoms with van der Waals surface area (Å²) < 4.78 is 3.69. The van der Waals surface area contributed by atoms with Gasteiger partial charge in [0.25, 0.3) is 0 Å². The molecule has 0 spiro atoms. The zero-order valence-corrected chi connectivity index (χ0v) is 8.86. The van der Waals surface area contributed by atoms with E-state index in [0.29, 0.717) is 5.88 Å². The van der Waals surface area contributed by atoms with Crippen molar-refractivity contribution in [2.45, 2.75) is 12.8 Å². The molecule has 74 valence electrons. The first-order valence-corrected chi connectivity index (χ1v) is 4.84. The summed E-state index contributed by atoms with van der Waals surface area (Å²) >= 11 is 5.66. The zero-order chi connectivity index (χ0) is 10.1. The molecule has 0 saturated heterocycles. The van der Waals surface area contributed by atoms with Gasteiger partial charge in [-0.05, 0) is 6.92 Å². The van der Waals surface area contributed by atoms with Crippen molar-refractivity contribution in [3.8, 4) is 5.82 Å². The third kappa shape index (κ3) is 1.53. The van der Waals surface area contributed by atoms with Crippen LogP contribution in [0.2, 0.25) is 0 Å². The van der Waals surface area contributed by atoms with E-state index in [1.807, 2.05) is 35.5 Å². The molecule has 0 bridgehead atoms. The molecule has 0 N–H and O–H groups in total. The predicted molar refractivity (Wildman–Crippen MR) is 54.6 cm³/mol. The number of rotatable bonds is 2. The molecule has 0 aromatic carbocycles. The zero-order valence-electron chi connectivity index (χ0n) is 8.11. The van der Waals surface area contributed by atoms with Gasteiger partial charge in [-0.15, -0.1) is 11.6 Å². The molecular formula is C9H11ClN4. The van der Waals surface area contributed by atoms with Gasteiger partial charge >= 0.3 is 0 Å². The van der Waals surface area contributed by atoms with Gasteiger partial charge in [-0.2, -0.15) is 5.10 Å². The molecule has 0 fully saturated rings. The molecule has 4 nitrogen and oxygen atoms in total. The lowest BCUT2D eigenvalue weighted by molar-refractivity contribution is 0.727. The Labute approximate surface area is 87.1 Å². The minimum atomic E-state index is 0.429. The molecule has 14 heavy (non-hydrogen) atoms. The molecule has 0 aliphatic carbocycles. The number of imidazole rings is 1. The van der Waals surface area contributed by atoms with Gasteiger partial charge in [0.15, 0.2) is 5.82 Å². The number of hydrogen-bond acceptors (Lipinski definition) is 2. The highest BCUT2D eigenvalue weighted by molar-refractivity contribution is 6.16. The van der Waals surface area contributed by atoms with E-state index in [2.05, 4.69) is 10.1 Å².